The van der Waals surface area contributed by atoms with Crippen molar-refractivity contribution in [1.29, 1.82) is 0 Å². The number of amides is 1. The number of hydrogen-bond acceptors (Lipinski definition) is 3. The summed E-state index contributed by atoms with van der Waals surface area (Å²) in [4.78, 5) is 14.8. The Morgan fingerprint density at radius 1 is 1.03 bits per heavy atom. The molecule has 1 amide bonds. The lowest BCUT2D eigenvalue weighted by molar-refractivity contribution is 0.0783. The Balaban J connectivity index is 1.55. The monoisotopic (exact) mass is 403 g/mol. The van der Waals surface area contributed by atoms with E-state index in [9.17, 15) is 9.18 Å². The summed E-state index contributed by atoms with van der Waals surface area (Å²) in [5.74, 6) is -0.432. The Bertz CT molecular complexity index is 1180. The van der Waals surface area contributed by atoms with Crippen LogP contribution in [-0.2, 0) is 6.54 Å². The molecule has 4 rings (SSSR count). The Kier molecular flexibility index (Phi) is 5.18. The molecule has 0 aliphatic carbocycles. The van der Waals surface area contributed by atoms with Crippen molar-refractivity contribution in [2.24, 2.45) is 0 Å². The van der Waals surface area contributed by atoms with Crippen LogP contribution in [-0.4, -0.2) is 37.4 Å². The first-order chi connectivity index (χ1) is 14.4. The van der Waals surface area contributed by atoms with Crippen LogP contribution in [0.3, 0.4) is 0 Å². The molecule has 0 aliphatic rings. The van der Waals surface area contributed by atoms with Crippen LogP contribution in [0.4, 0.5) is 4.39 Å². The van der Waals surface area contributed by atoms with Gasteiger partial charge in [0.1, 0.15) is 5.82 Å². The average molecular weight is 403 g/mol. The van der Waals surface area contributed by atoms with Gasteiger partial charge in [-0.1, -0.05) is 18.2 Å². The summed E-state index contributed by atoms with van der Waals surface area (Å²) in [5.41, 5.74) is 4.51. The summed E-state index contributed by atoms with van der Waals surface area (Å²) in [6, 6.07) is 15.9. The second-order valence-corrected chi connectivity index (χ2v) is 7.22. The predicted molar refractivity (Wildman–Crippen MR) is 112 cm³/mol. The molecular formula is C23H22FN5O. The molecule has 0 aliphatic heterocycles. The molecule has 0 saturated carbocycles. The first-order valence-corrected chi connectivity index (χ1v) is 9.60. The fourth-order valence-corrected chi connectivity index (χ4v) is 3.49. The molecule has 0 spiro atoms. The molecule has 2 aromatic heterocycles. The molecule has 6 nitrogen and oxygen atoms in total. The van der Waals surface area contributed by atoms with E-state index in [4.69, 9.17) is 0 Å². The van der Waals surface area contributed by atoms with Gasteiger partial charge in [0, 0.05) is 25.4 Å². The van der Waals surface area contributed by atoms with Crippen LogP contribution in [0.1, 0.15) is 27.3 Å². The lowest BCUT2D eigenvalue weighted by Crippen LogP contribution is -2.27. The van der Waals surface area contributed by atoms with E-state index in [1.165, 1.54) is 12.1 Å². The molecule has 2 aromatic carbocycles. The number of hydrogen-bond donors (Lipinski definition) is 0. The van der Waals surface area contributed by atoms with Gasteiger partial charge in [0.25, 0.3) is 5.91 Å². The number of benzene rings is 2. The van der Waals surface area contributed by atoms with Crippen molar-refractivity contribution in [2.45, 2.75) is 20.4 Å². The molecule has 0 radical (unpaired) electrons. The molecule has 0 atom stereocenters. The number of rotatable bonds is 5. The van der Waals surface area contributed by atoms with E-state index in [1.54, 1.807) is 39.6 Å². The van der Waals surface area contributed by atoms with Crippen LogP contribution in [0.25, 0.3) is 11.4 Å². The van der Waals surface area contributed by atoms with E-state index in [0.717, 1.165) is 16.9 Å². The van der Waals surface area contributed by atoms with Crippen molar-refractivity contribution in [3.63, 3.8) is 0 Å². The number of halogens is 1. The van der Waals surface area contributed by atoms with E-state index in [-0.39, 0.29) is 11.7 Å². The summed E-state index contributed by atoms with van der Waals surface area (Å²) in [6.45, 7) is 4.08. The van der Waals surface area contributed by atoms with Gasteiger partial charge >= 0.3 is 0 Å². The lowest BCUT2D eigenvalue weighted by Gasteiger charge is -2.16. The quantitative estimate of drug-likeness (QED) is 0.504. The Hall–Kier alpha value is -3.74. The van der Waals surface area contributed by atoms with Crippen molar-refractivity contribution in [2.75, 3.05) is 7.05 Å². The number of carbonyl (C=O) groups is 1. The van der Waals surface area contributed by atoms with E-state index in [1.807, 2.05) is 50.4 Å². The third kappa shape index (κ3) is 3.74. The van der Waals surface area contributed by atoms with Crippen LogP contribution in [0, 0.1) is 19.7 Å². The van der Waals surface area contributed by atoms with E-state index < -0.39 is 0 Å². The number of nitrogens with zero attached hydrogens (tertiary/aromatic N) is 5. The fraction of sp³-hybridized carbons (Fsp3) is 0.174. The number of aryl methyl sites for hydroxylation is 1. The second-order valence-electron chi connectivity index (χ2n) is 7.22. The van der Waals surface area contributed by atoms with Crippen molar-refractivity contribution >= 4 is 5.91 Å². The third-order valence-corrected chi connectivity index (χ3v) is 5.00. The number of para-hydroxylation sites is 1. The van der Waals surface area contributed by atoms with Crippen molar-refractivity contribution < 1.29 is 9.18 Å². The van der Waals surface area contributed by atoms with Gasteiger partial charge < -0.3 is 4.90 Å². The molecule has 0 N–H and O–H groups in total. The first kappa shape index (κ1) is 19.6. The van der Waals surface area contributed by atoms with Crippen LogP contribution < -0.4 is 0 Å². The normalized spacial score (nSPS) is 10.9. The molecule has 152 valence electrons. The molecule has 4 aromatic rings. The zero-order valence-electron chi connectivity index (χ0n) is 17.1. The highest BCUT2D eigenvalue weighted by atomic mass is 19.1. The summed E-state index contributed by atoms with van der Waals surface area (Å²) < 4.78 is 16.7. The first-order valence-electron chi connectivity index (χ1n) is 9.60. The van der Waals surface area contributed by atoms with Gasteiger partial charge in [-0.15, -0.1) is 0 Å². The smallest absolute Gasteiger partial charge is 0.257 e. The lowest BCUT2D eigenvalue weighted by atomic mass is 10.1. The summed E-state index contributed by atoms with van der Waals surface area (Å²) in [6.07, 6.45) is 3.68. The topological polar surface area (TPSA) is 56.0 Å². The van der Waals surface area contributed by atoms with Gasteiger partial charge in [-0.2, -0.15) is 10.2 Å². The van der Waals surface area contributed by atoms with Crippen LogP contribution >= 0.6 is 0 Å². The maximum Gasteiger partial charge on any atom is 0.257 e. The average Bonchev–Trinajstić information content (AvgIpc) is 3.33. The van der Waals surface area contributed by atoms with Gasteiger partial charge in [-0.05, 0) is 50.2 Å². The van der Waals surface area contributed by atoms with Crippen molar-refractivity contribution in [3.05, 3.63) is 95.3 Å². The maximum atomic E-state index is 13.2. The zero-order chi connectivity index (χ0) is 21.3. The minimum Gasteiger partial charge on any atom is -0.337 e. The second kappa shape index (κ2) is 7.94. The Labute approximate surface area is 174 Å². The molecule has 0 unspecified atom stereocenters. The Morgan fingerprint density at radius 2 is 1.73 bits per heavy atom. The third-order valence-electron chi connectivity index (χ3n) is 5.00. The molecular weight excluding hydrogens is 381 g/mol. The van der Waals surface area contributed by atoms with E-state index in [2.05, 4.69) is 10.2 Å². The molecule has 2 heterocycles. The summed E-state index contributed by atoms with van der Waals surface area (Å²) in [7, 11) is 1.76. The van der Waals surface area contributed by atoms with Gasteiger partial charge in [-0.25, -0.2) is 13.8 Å². The van der Waals surface area contributed by atoms with Crippen LogP contribution in [0.5, 0.6) is 0 Å². The summed E-state index contributed by atoms with van der Waals surface area (Å²) >= 11 is 0. The Morgan fingerprint density at radius 3 is 2.43 bits per heavy atom. The molecule has 0 saturated heterocycles. The molecule has 0 bridgehead atoms. The molecule has 0 fully saturated rings. The minimum atomic E-state index is -0.313. The van der Waals surface area contributed by atoms with E-state index >= 15 is 0 Å². The predicted octanol–water partition coefficient (Wildman–Crippen LogP) is 4.09. The van der Waals surface area contributed by atoms with Crippen LogP contribution in [0.15, 0.2) is 67.0 Å². The molecule has 30 heavy (non-hydrogen) atoms. The fourth-order valence-electron chi connectivity index (χ4n) is 3.49. The van der Waals surface area contributed by atoms with E-state index in [0.29, 0.717) is 23.5 Å². The van der Waals surface area contributed by atoms with Gasteiger partial charge in [0.05, 0.1) is 34.5 Å². The summed E-state index contributed by atoms with van der Waals surface area (Å²) in [5, 5.41) is 8.88. The number of aromatic nitrogens is 4. The largest absolute Gasteiger partial charge is 0.337 e. The van der Waals surface area contributed by atoms with Gasteiger partial charge in [0.2, 0.25) is 0 Å². The zero-order valence-corrected chi connectivity index (χ0v) is 17.1. The highest BCUT2D eigenvalue weighted by Crippen LogP contribution is 2.20. The number of carbonyl (C=O) groups excluding carboxylic acids is 1. The SMILES string of the molecule is Cc1nn(-c2ccc(F)cc2)c(C)c1C(=O)N(C)Cc1cnn(-c2ccccc2)c1. The van der Waals surface area contributed by atoms with Crippen LogP contribution in [0.2, 0.25) is 0 Å². The van der Waals surface area contributed by atoms with Gasteiger partial charge in [0.15, 0.2) is 0 Å². The molecule has 7 heteroatoms. The maximum absolute atomic E-state index is 13.2. The van der Waals surface area contributed by atoms with Crippen molar-refractivity contribution in [1.82, 2.24) is 24.5 Å². The minimum absolute atomic E-state index is 0.120. The highest BCUT2D eigenvalue weighted by Gasteiger charge is 2.23. The standard InChI is InChI=1S/C23H22FN5O/c1-16-22(17(2)29(26-16)21-11-9-19(24)10-12-21)23(30)27(3)14-18-13-25-28(15-18)20-7-5-4-6-8-20/h4-13,15H,14H2,1-3H3. The highest BCUT2D eigenvalue weighted by molar-refractivity contribution is 5.96. The van der Waals surface area contributed by atoms with Crippen molar-refractivity contribution in [3.8, 4) is 11.4 Å². The van der Waals surface area contributed by atoms with Gasteiger partial charge in [-0.3, -0.25) is 4.79 Å².